The van der Waals surface area contributed by atoms with Gasteiger partial charge in [-0.05, 0) is 44.2 Å². The lowest BCUT2D eigenvalue weighted by Crippen LogP contribution is -2.38. The molecular formula is C18H20N2O2. The molecule has 0 aliphatic carbocycles. The highest BCUT2D eigenvalue weighted by molar-refractivity contribution is 5.98. The number of likely N-dealkylation sites (tertiary alicyclic amines) is 1. The number of aromatic nitrogens is 1. The van der Waals surface area contributed by atoms with Crippen LogP contribution in [0.15, 0.2) is 29.2 Å². The van der Waals surface area contributed by atoms with Crippen molar-refractivity contribution in [2.24, 2.45) is 0 Å². The minimum Gasteiger partial charge on any atom is -0.343 e. The lowest BCUT2D eigenvalue weighted by atomic mass is 10.1. The Labute approximate surface area is 129 Å². The van der Waals surface area contributed by atoms with E-state index in [9.17, 15) is 9.59 Å². The summed E-state index contributed by atoms with van der Waals surface area (Å²) < 4.78 is 2.11. The number of benzene rings is 1. The maximum absolute atomic E-state index is 12.8. The fraction of sp³-hybridized carbons (Fsp3) is 0.444. The van der Waals surface area contributed by atoms with Crippen molar-refractivity contribution in [1.29, 1.82) is 0 Å². The molecule has 2 aliphatic rings. The number of nitrogens with zero attached hydrogens (tertiary/aromatic N) is 2. The van der Waals surface area contributed by atoms with Crippen LogP contribution in [0.2, 0.25) is 0 Å². The van der Waals surface area contributed by atoms with Gasteiger partial charge in [-0.25, -0.2) is 0 Å². The van der Waals surface area contributed by atoms with Crippen molar-refractivity contribution < 1.29 is 4.79 Å². The molecule has 2 aliphatic heterocycles. The molecule has 0 radical (unpaired) electrons. The number of pyridine rings is 1. The normalized spacial score (nSPS) is 20.6. The van der Waals surface area contributed by atoms with Gasteiger partial charge in [0, 0.05) is 30.7 Å². The third kappa shape index (κ3) is 1.90. The number of rotatable bonds is 1. The molecule has 1 fully saturated rings. The summed E-state index contributed by atoms with van der Waals surface area (Å²) in [6.07, 6.45) is 5.97. The highest BCUT2D eigenvalue weighted by Gasteiger charge is 2.26. The van der Waals surface area contributed by atoms with Crippen molar-refractivity contribution in [3.05, 3.63) is 45.7 Å². The minimum atomic E-state index is -0.113. The van der Waals surface area contributed by atoms with Gasteiger partial charge in [-0.3, -0.25) is 9.59 Å². The van der Waals surface area contributed by atoms with Gasteiger partial charge in [0.05, 0.1) is 5.52 Å². The van der Waals surface area contributed by atoms with Crippen molar-refractivity contribution in [3.63, 3.8) is 0 Å². The molecule has 1 saturated heterocycles. The van der Waals surface area contributed by atoms with Crippen LogP contribution in [0.1, 0.15) is 48.1 Å². The van der Waals surface area contributed by atoms with E-state index >= 15 is 0 Å². The van der Waals surface area contributed by atoms with Crippen molar-refractivity contribution in [1.82, 2.24) is 9.47 Å². The summed E-state index contributed by atoms with van der Waals surface area (Å²) in [6.45, 7) is 3.68. The Kier molecular flexibility index (Phi) is 3.06. The van der Waals surface area contributed by atoms with Gasteiger partial charge in [-0.1, -0.05) is 12.1 Å². The summed E-state index contributed by atoms with van der Waals surface area (Å²) in [6, 6.07) is 6.15. The topological polar surface area (TPSA) is 42.3 Å². The van der Waals surface area contributed by atoms with Crippen LogP contribution >= 0.6 is 0 Å². The Balaban J connectivity index is 1.88. The largest absolute Gasteiger partial charge is 0.343 e. The predicted molar refractivity (Wildman–Crippen MR) is 86.4 cm³/mol. The van der Waals surface area contributed by atoms with Crippen molar-refractivity contribution in [2.75, 3.05) is 13.1 Å². The third-order valence-electron chi connectivity index (χ3n) is 5.00. The zero-order valence-corrected chi connectivity index (χ0v) is 12.8. The number of hydrogen-bond donors (Lipinski definition) is 0. The first kappa shape index (κ1) is 13.6. The van der Waals surface area contributed by atoms with E-state index in [4.69, 9.17) is 0 Å². The number of carbonyl (C=O) groups excluding carboxylic acids is 1. The molecule has 0 saturated carbocycles. The zero-order chi connectivity index (χ0) is 15.3. The summed E-state index contributed by atoms with van der Waals surface area (Å²) in [5.74, 6) is -0.0974. The van der Waals surface area contributed by atoms with Crippen molar-refractivity contribution in [3.8, 4) is 0 Å². The highest BCUT2D eigenvalue weighted by Crippen LogP contribution is 2.31. The van der Waals surface area contributed by atoms with Crippen molar-refractivity contribution >= 4 is 16.8 Å². The number of para-hydroxylation sites is 1. The second kappa shape index (κ2) is 4.97. The number of hydrogen-bond acceptors (Lipinski definition) is 2. The molecule has 1 amide bonds. The molecule has 2 aromatic rings. The van der Waals surface area contributed by atoms with Crippen LogP contribution in [0, 0.1) is 0 Å². The highest BCUT2D eigenvalue weighted by atomic mass is 16.2. The van der Waals surface area contributed by atoms with Gasteiger partial charge in [-0.15, -0.1) is 0 Å². The lowest BCUT2D eigenvalue weighted by Gasteiger charge is -2.27. The Morgan fingerprint density at radius 3 is 2.73 bits per heavy atom. The molecule has 22 heavy (non-hydrogen) atoms. The van der Waals surface area contributed by atoms with E-state index in [0.29, 0.717) is 17.0 Å². The van der Waals surface area contributed by atoms with Gasteiger partial charge >= 0.3 is 0 Å². The molecule has 0 bridgehead atoms. The monoisotopic (exact) mass is 296 g/mol. The third-order valence-corrected chi connectivity index (χ3v) is 5.00. The Bertz CT molecular complexity index is 816. The molecule has 3 heterocycles. The van der Waals surface area contributed by atoms with E-state index in [2.05, 4.69) is 17.6 Å². The number of piperidine rings is 1. The SMILES string of the molecule is C[C@@H]1Cc2cccc3c(=O)c(C(=O)N4CCCCC4)cn1c23. The van der Waals surface area contributed by atoms with Gasteiger partial charge in [-0.2, -0.15) is 0 Å². The smallest absolute Gasteiger partial charge is 0.259 e. The van der Waals surface area contributed by atoms with E-state index in [-0.39, 0.29) is 11.3 Å². The second-order valence-electron chi connectivity index (χ2n) is 6.50. The van der Waals surface area contributed by atoms with Gasteiger partial charge in [0.2, 0.25) is 5.43 Å². The summed E-state index contributed by atoms with van der Waals surface area (Å²) in [5.41, 5.74) is 2.44. The van der Waals surface area contributed by atoms with Crippen LogP contribution in [-0.2, 0) is 6.42 Å². The summed E-state index contributed by atoms with van der Waals surface area (Å²) in [7, 11) is 0. The first-order valence-corrected chi connectivity index (χ1v) is 8.13. The van der Waals surface area contributed by atoms with E-state index in [1.54, 1.807) is 6.20 Å². The van der Waals surface area contributed by atoms with Crippen LogP contribution in [0.3, 0.4) is 0 Å². The van der Waals surface area contributed by atoms with Crippen LogP contribution in [-0.4, -0.2) is 28.5 Å². The van der Waals surface area contributed by atoms with Gasteiger partial charge < -0.3 is 9.47 Å². The number of amides is 1. The molecule has 0 unspecified atom stereocenters. The first-order valence-electron chi connectivity index (χ1n) is 8.13. The molecule has 0 N–H and O–H groups in total. The molecule has 4 nitrogen and oxygen atoms in total. The molecule has 1 aromatic heterocycles. The molecule has 1 aromatic carbocycles. The van der Waals surface area contributed by atoms with Crippen LogP contribution in [0.25, 0.3) is 10.9 Å². The minimum absolute atomic E-state index is 0.0974. The first-order chi connectivity index (χ1) is 10.7. The average Bonchev–Trinajstić information content (AvgIpc) is 2.87. The van der Waals surface area contributed by atoms with Crippen LogP contribution < -0.4 is 5.43 Å². The number of carbonyl (C=O) groups is 1. The second-order valence-corrected chi connectivity index (χ2v) is 6.50. The van der Waals surface area contributed by atoms with Gasteiger partial charge in [0.15, 0.2) is 0 Å². The van der Waals surface area contributed by atoms with Crippen LogP contribution in [0.5, 0.6) is 0 Å². The molecule has 4 heteroatoms. The van der Waals surface area contributed by atoms with E-state index < -0.39 is 0 Å². The Hall–Kier alpha value is -2.10. The molecule has 114 valence electrons. The lowest BCUT2D eigenvalue weighted by molar-refractivity contribution is 0.0722. The van der Waals surface area contributed by atoms with E-state index in [1.807, 2.05) is 17.0 Å². The summed E-state index contributed by atoms with van der Waals surface area (Å²) >= 11 is 0. The fourth-order valence-electron chi connectivity index (χ4n) is 3.84. The van der Waals surface area contributed by atoms with Gasteiger partial charge in [0.25, 0.3) is 5.91 Å². The zero-order valence-electron chi connectivity index (χ0n) is 12.8. The summed E-state index contributed by atoms with van der Waals surface area (Å²) in [5, 5.41) is 0.685. The fourth-order valence-corrected chi connectivity index (χ4v) is 3.84. The predicted octanol–water partition coefficient (Wildman–Crippen LogP) is 2.74. The molecule has 0 spiro atoms. The summed E-state index contributed by atoms with van der Waals surface area (Å²) in [4.78, 5) is 27.4. The molecule has 4 rings (SSSR count). The molecule has 1 atom stereocenters. The van der Waals surface area contributed by atoms with Crippen molar-refractivity contribution in [2.45, 2.75) is 38.6 Å². The van der Waals surface area contributed by atoms with Crippen LogP contribution in [0.4, 0.5) is 0 Å². The standard InChI is InChI=1S/C18H20N2O2/c1-12-10-13-6-5-7-14-16(13)20(12)11-15(17(14)21)18(22)19-8-3-2-4-9-19/h5-7,11-12H,2-4,8-10H2,1H3/t12-/m1/s1. The Morgan fingerprint density at radius 1 is 1.18 bits per heavy atom. The quantitative estimate of drug-likeness (QED) is 0.812. The van der Waals surface area contributed by atoms with E-state index in [0.717, 1.165) is 37.9 Å². The average molecular weight is 296 g/mol. The maximum atomic E-state index is 12.8. The van der Waals surface area contributed by atoms with E-state index in [1.165, 1.54) is 12.0 Å². The molecular weight excluding hydrogens is 276 g/mol. The van der Waals surface area contributed by atoms with Gasteiger partial charge in [0.1, 0.15) is 5.56 Å². The maximum Gasteiger partial charge on any atom is 0.259 e. The Morgan fingerprint density at radius 2 is 1.95 bits per heavy atom.